The Bertz CT molecular complexity index is 788. The molecule has 154 valence electrons. The highest BCUT2D eigenvalue weighted by atomic mass is 35.5. The van der Waals surface area contributed by atoms with Crippen LogP contribution in [0.1, 0.15) is 24.0 Å². The number of nitrogens with zero attached hydrogens (tertiary/aromatic N) is 3. The lowest BCUT2D eigenvalue weighted by Gasteiger charge is -2.39. The van der Waals surface area contributed by atoms with Crippen molar-refractivity contribution in [3.05, 3.63) is 70.7 Å². The first kappa shape index (κ1) is 20.4. The molecule has 4 rings (SSSR count). The largest absolute Gasteiger partial charge is 0.340 e. The Hall–Kier alpha value is -1.88. The van der Waals surface area contributed by atoms with Crippen LogP contribution >= 0.6 is 11.6 Å². The fourth-order valence-electron chi connectivity index (χ4n) is 4.47. The predicted molar refractivity (Wildman–Crippen MR) is 118 cm³/mol. The number of halogens is 1. The van der Waals surface area contributed by atoms with Crippen molar-refractivity contribution in [3.8, 4) is 0 Å². The standard InChI is InChI=1S/C24H30ClN3O/c25-23-10-8-21(9-11-23)18-27-12-4-7-22(19-27)24(29)28-15-13-26(14-16-28)17-20-5-2-1-3-6-20/h1-3,5-6,8-11,22H,4,7,12-19H2/t22-/m1/s1. The molecule has 2 fully saturated rings. The zero-order chi connectivity index (χ0) is 20.1. The molecular weight excluding hydrogens is 382 g/mol. The third kappa shape index (κ3) is 5.59. The van der Waals surface area contributed by atoms with Gasteiger partial charge in [-0.05, 0) is 42.6 Å². The number of hydrogen-bond acceptors (Lipinski definition) is 3. The number of amides is 1. The van der Waals surface area contributed by atoms with Crippen LogP contribution in [0.2, 0.25) is 5.02 Å². The lowest BCUT2D eigenvalue weighted by molar-refractivity contribution is -0.139. The molecule has 1 atom stereocenters. The number of carbonyl (C=O) groups excluding carboxylic acids is 1. The van der Waals surface area contributed by atoms with Crippen molar-refractivity contribution in [1.82, 2.24) is 14.7 Å². The van der Waals surface area contributed by atoms with Gasteiger partial charge < -0.3 is 4.90 Å². The van der Waals surface area contributed by atoms with E-state index >= 15 is 0 Å². The normalized spacial score (nSPS) is 21.3. The Labute approximate surface area is 179 Å². The van der Waals surface area contributed by atoms with Crippen LogP contribution in [0.25, 0.3) is 0 Å². The molecule has 0 N–H and O–H groups in total. The molecule has 0 aliphatic carbocycles. The second-order valence-electron chi connectivity index (χ2n) is 8.29. The minimum atomic E-state index is 0.136. The van der Waals surface area contributed by atoms with Gasteiger partial charge in [0.2, 0.25) is 5.91 Å². The Kier molecular flexibility index (Phi) is 6.86. The van der Waals surface area contributed by atoms with Crippen LogP contribution in [-0.4, -0.2) is 59.9 Å². The van der Waals surface area contributed by atoms with Crippen LogP contribution in [0, 0.1) is 5.92 Å². The van der Waals surface area contributed by atoms with Crippen LogP contribution in [0.4, 0.5) is 0 Å². The summed E-state index contributed by atoms with van der Waals surface area (Å²) in [5.74, 6) is 0.488. The second kappa shape index (κ2) is 9.75. The van der Waals surface area contributed by atoms with Gasteiger partial charge in [0, 0.05) is 50.8 Å². The first-order valence-electron chi connectivity index (χ1n) is 10.7. The summed E-state index contributed by atoms with van der Waals surface area (Å²) in [4.78, 5) is 20.1. The van der Waals surface area contributed by atoms with Crippen molar-refractivity contribution in [2.75, 3.05) is 39.3 Å². The lowest BCUT2D eigenvalue weighted by Crippen LogP contribution is -2.52. The molecule has 2 aromatic rings. The molecule has 2 saturated heterocycles. The molecule has 0 radical (unpaired) electrons. The Morgan fingerprint density at radius 1 is 0.828 bits per heavy atom. The monoisotopic (exact) mass is 411 g/mol. The van der Waals surface area contributed by atoms with Gasteiger partial charge in [0.15, 0.2) is 0 Å². The van der Waals surface area contributed by atoms with Crippen LogP contribution in [-0.2, 0) is 17.9 Å². The molecule has 0 unspecified atom stereocenters. The first-order valence-corrected chi connectivity index (χ1v) is 11.1. The van der Waals surface area contributed by atoms with Gasteiger partial charge in [-0.2, -0.15) is 0 Å². The van der Waals surface area contributed by atoms with E-state index in [2.05, 4.69) is 57.2 Å². The van der Waals surface area contributed by atoms with E-state index in [1.807, 2.05) is 12.1 Å². The molecule has 2 heterocycles. The van der Waals surface area contributed by atoms with Crippen LogP contribution in [0.3, 0.4) is 0 Å². The third-order valence-corrected chi connectivity index (χ3v) is 6.36. The van der Waals surface area contributed by atoms with Gasteiger partial charge >= 0.3 is 0 Å². The molecule has 2 aliphatic heterocycles. The van der Waals surface area contributed by atoms with Crippen molar-refractivity contribution in [2.24, 2.45) is 5.92 Å². The molecule has 0 saturated carbocycles. The summed E-state index contributed by atoms with van der Waals surface area (Å²) in [7, 11) is 0. The average Bonchev–Trinajstić information content (AvgIpc) is 2.76. The summed E-state index contributed by atoms with van der Waals surface area (Å²) < 4.78 is 0. The van der Waals surface area contributed by atoms with Crippen LogP contribution < -0.4 is 0 Å². The maximum absolute atomic E-state index is 13.1. The topological polar surface area (TPSA) is 26.8 Å². The maximum Gasteiger partial charge on any atom is 0.227 e. The van der Waals surface area contributed by atoms with E-state index in [0.29, 0.717) is 5.91 Å². The molecule has 1 amide bonds. The van der Waals surface area contributed by atoms with E-state index in [1.165, 1.54) is 11.1 Å². The smallest absolute Gasteiger partial charge is 0.227 e. The molecule has 2 aromatic carbocycles. The minimum Gasteiger partial charge on any atom is -0.340 e. The summed E-state index contributed by atoms with van der Waals surface area (Å²) in [6, 6.07) is 18.6. The molecular formula is C24H30ClN3O. The number of carbonyl (C=O) groups is 1. The number of likely N-dealkylation sites (tertiary alicyclic amines) is 1. The summed E-state index contributed by atoms with van der Waals surface area (Å²) in [5, 5.41) is 0.770. The Balaban J connectivity index is 1.26. The molecule has 29 heavy (non-hydrogen) atoms. The number of benzene rings is 2. The quantitative estimate of drug-likeness (QED) is 0.746. The van der Waals surface area contributed by atoms with Gasteiger partial charge in [0.05, 0.1) is 5.92 Å². The number of rotatable bonds is 5. The van der Waals surface area contributed by atoms with Crippen LogP contribution in [0.5, 0.6) is 0 Å². The first-order chi connectivity index (χ1) is 14.2. The van der Waals surface area contributed by atoms with E-state index in [1.54, 1.807) is 0 Å². The van der Waals surface area contributed by atoms with Crippen molar-refractivity contribution < 1.29 is 4.79 Å². The minimum absolute atomic E-state index is 0.136. The SMILES string of the molecule is O=C([C@@H]1CCCN(Cc2ccc(Cl)cc2)C1)N1CCN(Cc2ccccc2)CC1. The van der Waals surface area contributed by atoms with Gasteiger partial charge in [0.1, 0.15) is 0 Å². The molecule has 0 spiro atoms. The number of piperidine rings is 1. The van der Waals surface area contributed by atoms with Gasteiger partial charge in [0.25, 0.3) is 0 Å². The third-order valence-electron chi connectivity index (χ3n) is 6.11. The van der Waals surface area contributed by atoms with Gasteiger partial charge in [-0.3, -0.25) is 14.6 Å². The molecule has 5 heteroatoms. The predicted octanol–water partition coefficient (Wildman–Crippen LogP) is 3.90. The summed E-state index contributed by atoms with van der Waals surface area (Å²) >= 11 is 5.99. The molecule has 0 aromatic heterocycles. The molecule has 4 nitrogen and oxygen atoms in total. The lowest BCUT2D eigenvalue weighted by atomic mass is 9.95. The van der Waals surface area contributed by atoms with Gasteiger partial charge in [-0.25, -0.2) is 0 Å². The number of piperazine rings is 1. The number of hydrogen-bond donors (Lipinski definition) is 0. The van der Waals surface area contributed by atoms with E-state index < -0.39 is 0 Å². The summed E-state index contributed by atoms with van der Waals surface area (Å²) in [6.07, 6.45) is 2.11. The summed E-state index contributed by atoms with van der Waals surface area (Å²) in [5.41, 5.74) is 2.61. The molecule has 2 aliphatic rings. The highest BCUT2D eigenvalue weighted by Gasteiger charge is 2.31. The summed E-state index contributed by atoms with van der Waals surface area (Å²) in [6.45, 7) is 7.41. The van der Waals surface area contributed by atoms with E-state index in [0.717, 1.165) is 70.2 Å². The highest BCUT2D eigenvalue weighted by Crippen LogP contribution is 2.22. The molecule has 0 bridgehead atoms. The Morgan fingerprint density at radius 3 is 2.21 bits per heavy atom. The fourth-order valence-corrected chi connectivity index (χ4v) is 4.60. The second-order valence-corrected chi connectivity index (χ2v) is 8.72. The van der Waals surface area contributed by atoms with Crippen molar-refractivity contribution >= 4 is 17.5 Å². The van der Waals surface area contributed by atoms with Crippen molar-refractivity contribution in [3.63, 3.8) is 0 Å². The fraction of sp³-hybridized carbons (Fsp3) is 0.458. The van der Waals surface area contributed by atoms with Gasteiger partial charge in [-0.1, -0.05) is 54.1 Å². The van der Waals surface area contributed by atoms with Crippen molar-refractivity contribution in [1.29, 1.82) is 0 Å². The zero-order valence-electron chi connectivity index (χ0n) is 17.0. The van der Waals surface area contributed by atoms with E-state index in [4.69, 9.17) is 11.6 Å². The highest BCUT2D eigenvalue weighted by molar-refractivity contribution is 6.30. The maximum atomic E-state index is 13.1. The van der Waals surface area contributed by atoms with Crippen LogP contribution in [0.15, 0.2) is 54.6 Å². The Morgan fingerprint density at radius 2 is 1.48 bits per heavy atom. The zero-order valence-corrected chi connectivity index (χ0v) is 17.7. The van der Waals surface area contributed by atoms with E-state index in [9.17, 15) is 4.79 Å². The van der Waals surface area contributed by atoms with Gasteiger partial charge in [-0.15, -0.1) is 0 Å². The average molecular weight is 412 g/mol. The van der Waals surface area contributed by atoms with E-state index in [-0.39, 0.29) is 5.92 Å². The van der Waals surface area contributed by atoms with Crippen molar-refractivity contribution in [2.45, 2.75) is 25.9 Å².